The molecular weight excluding hydrogens is 542 g/mol. The maximum Gasteiger partial charge on any atom is 0.248 e. The highest BCUT2D eigenvalue weighted by molar-refractivity contribution is 7.21. The Morgan fingerprint density at radius 3 is 2.73 bits per heavy atom. The van der Waals surface area contributed by atoms with Crippen LogP contribution in [-0.4, -0.2) is 92.1 Å². The number of carbonyl (C=O) groups is 1. The molecule has 3 aliphatic rings. The van der Waals surface area contributed by atoms with Crippen molar-refractivity contribution >= 4 is 39.2 Å². The number of fused-ring (bicyclic) bond motifs is 1. The summed E-state index contributed by atoms with van der Waals surface area (Å²) in [5.74, 6) is 1.51. The Balaban J connectivity index is 1.27. The van der Waals surface area contributed by atoms with Crippen LogP contribution < -0.4 is 10.6 Å². The molecule has 1 saturated heterocycles. The fraction of sp³-hybridized carbons (Fsp3) is 0.621. The summed E-state index contributed by atoms with van der Waals surface area (Å²) >= 11 is 1.56. The first-order valence-corrected chi connectivity index (χ1v) is 15.5. The summed E-state index contributed by atoms with van der Waals surface area (Å²) in [6, 6.07) is 1.50. The number of nitrogens with one attached hydrogen (secondary N) is 2. The van der Waals surface area contributed by atoms with Crippen molar-refractivity contribution in [2.75, 3.05) is 43.5 Å². The van der Waals surface area contributed by atoms with Gasteiger partial charge in [0.15, 0.2) is 0 Å². The average molecular weight is 582 g/mol. The third kappa shape index (κ3) is 6.01. The van der Waals surface area contributed by atoms with Gasteiger partial charge in [-0.3, -0.25) is 9.78 Å². The van der Waals surface area contributed by atoms with Gasteiger partial charge in [0, 0.05) is 31.7 Å². The molecule has 2 aliphatic carbocycles. The maximum atomic E-state index is 12.3. The van der Waals surface area contributed by atoms with Crippen LogP contribution in [0.1, 0.15) is 49.9 Å². The van der Waals surface area contributed by atoms with Crippen molar-refractivity contribution in [2.24, 2.45) is 11.8 Å². The molecular formula is C29H39N7O4S. The monoisotopic (exact) mass is 581 g/mol. The van der Waals surface area contributed by atoms with Gasteiger partial charge >= 0.3 is 0 Å². The van der Waals surface area contributed by atoms with Crippen molar-refractivity contribution in [1.82, 2.24) is 24.8 Å². The molecule has 220 valence electrons. The van der Waals surface area contributed by atoms with Gasteiger partial charge in [-0.05, 0) is 38.7 Å². The molecule has 0 bridgehead atoms. The molecule has 1 aliphatic heterocycles. The Morgan fingerprint density at radius 1 is 1.12 bits per heavy atom. The number of thiazole rings is 1. The molecule has 0 unspecified atom stereocenters. The van der Waals surface area contributed by atoms with Gasteiger partial charge in [-0.25, -0.2) is 9.97 Å². The van der Waals surface area contributed by atoms with Crippen molar-refractivity contribution in [2.45, 2.75) is 70.6 Å². The summed E-state index contributed by atoms with van der Waals surface area (Å²) in [7, 11) is 0. The molecule has 4 heterocycles. The molecule has 41 heavy (non-hydrogen) atoms. The summed E-state index contributed by atoms with van der Waals surface area (Å²) < 4.78 is 6.27. The number of hydrogen-bond donors (Lipinski definition) is 4. The minimum Gasteiger partial charge on any atom is -0.390 e. The van der Waals surface area contributed by atoms with Gasteiger partial charge in [-0.15, -0.1) is 11.3 Å². The van der Waals surface area contributed by atoms with Crippen molar-refractivity contribution < 1.29 is 19.7 Å². The molecule has 0 spiro atoms. The van der Waals surface area contributed by atoms with E-state index in [1.54, 1.807) is 22.4 Å². The van der Waals surface area contributed by atoms with Gasteiger partial charge < -0.3 is 30.5 Å². The number of ether oxygens (including phenoxy) is 1. The quantitative estimate of drug-likeness (QED) is 0.297. The fourth-order valence-electron chi connectivity index (χ4n) is 6.44. The second-order valence-corrected chi connectivity index (χ2v) is 12.6. The van der Waals surface area contributed by atoms with Gasteiger partial charge in [-0.1, -0.05) is 25.7 Å². The molecule has 0 aromatic carbocycles. The summed E-state index contributed by atoms with van der Waals surface area (Å²) in [6.07, 6.45) is 6.60. The van der Waals surface area contributed by atoms with E-state index in [1.807, 2.05) is 19.9 Å². The molecule has 12 heteroatoms. The summed E-state index contributed by atoms with van der Waals surface area (Å²) in [5, 5.41) is 29.7. The van der Waals surface area contributed by atoms with E-state index in [0.29, 0.717) is 37.9 Å². The number of anilines is 2. The maximum absolute atomic E-state index is 12.3. The minimum atomic E-state index is -1.01. The molecule has 11 nitrogen and oxygen atoms in total. The molecule has 6 rings (SSSR count). The second kappa shape index (κ2) is 12.1. The van der Waals surface area contributed by atoms with Crippen LogP contribution in [0.2, 0.25) is 0 Å². The van der Waals surface area contributed by atoms with Gasteiger partial charge in [0.1, 0.15) is 29.1 Å². The molecule has 1 amide bonds. The summed E-state index contributed by atoms with van der Waals surface area (Å²) in [4.78, 5) is 33.0. The average Bonchev–Trinajstić information content (AvgIpc) is 3.68. The number of morpholine rings is 1. The zero-order chi connectivity index (χ0) is 28.5. The topological polar surface area (TPSA) is 146 Å². The predicted octanol–water partition coefficient (Wildman–Crippen LogP) is 3.14. The van der Waals surface area contributed by atoms with Crippen molar-refractivity contribution in [1.29, 1.82) is 0 Å². The number of amides is 1. The van der Waals surface area contributed by atoms with Crippen LogP contribution in [0.5, 0.6) is 0 Å². The summed E-state index contributed by atoms with van der Waals surface area (Å²) in [6.45, 7) is 6.12. The Kier molecular flexibility index (Phi) is 8.34. The molecule has 4 atom stereocenters. The van der Waals surface area contributed by atoms with Crippen LogP contribution in [0.15, 0.2) is 12.3 Å². The van der Waals surface area contributed by atoms with E-state index in [4.69, 9.17) is 19.7 Å². The van der Waals surface area contributed by atoms with E-state index < -0.39 is 18.2 Å². The first-order valence-electron chi connectivity index (χ1n) is 14.7. The zero-order valence-electron chi connectivity index (χ0n) is 23.7. The van der Waals surface area contributed by atoms with E-state index >= 15 is 0 Å². The molecule has 4 N–H and O–H groups in total. The number of nitrogens with zero attached hydrogens (tertiary/aromatic N) is 5. The fourth-order valence-corrected chi connectivity index (χ4v) is 7.55. The van der Waals surface area contributed by atoms with Crippen LogP contribution >= 0.6 is 11.3 Å². The lowest BCUT2D eigenvalue weighted by molar-refractivity contribution is -0.144. The largest absolute Gasteiger partial charge is 0.390 e. The molecule has 0 radical (unpaired) electrons. The van der Waals surface area contributed by atoms with Gasteiger partial charge in [-0.2, -0.15) is 4.98 Å². The van der Waals surface area contributed by atoms with Crippen LogP contribution in [0.25, 0.3) is 20.8 Å². The number of aryl methyl sites for hydroxylation is 2. The molecule has 3 aromatic rings. The highest BCUT2D eigenvalue weighted by Crippen LogP contribution is 2.39. The van der Waals surface area contributed by atoms with Gasteiger partial charge in [0.25, 0.3) is 0 Å². The number of pyridine rings is 1. The number of aromatic nitrogens is 4. The zero-order valence-corrected chi connectivity index (χ0v) is 24.5. The third-order valence-electron chi connectivity index (χ3n) is 8.77. The highest BCUT2D eigenvalue weighted by Gasteiger charge is 2.43. The minimum absolute atomic E-state index is 0.0598. The first-order chi connectivity index (χ1) is 19.9. The van der Waals surface area contributed by atoms with E-state index in [-0.39, 0.29) is 18.4 Å². The van der Waals surface area contributed by atoms with Crippen molar-refractivity contribution in [3.63, 3.8) is 0 Å². The molecule has 2 saturated carbocycles. The lowest BCUT2D eigenvalue weighted by atomic mass is 10.0. The Hall–Kier alpha value is -2.93. The van der Waals surface area contributed by atoms with Gasteiger partial charge in [0.05, 0.1) is 40.4 Å². The normalized spacial score (nSPS) is 25.4. The van der Waals surface area contributed by atoms with Crippen LogP contribution in [0.4, 0.5) is 11.8 Å². The molecule has 3 aromatic heterocycles. The number of aliphatic hydroxyl groups excluding tert-OH is 2. The van der Waals surface area contributed by atoms with E-state index in [0.717, 1.165) is 51.1 Å². The van der Waals surface area contributed by atoms with Crippen molar-refractivity contribution in [3.05, 3.63) is 23.7 Å². The first kappa shape index (κ1) is 28.2. The SMILES string of the molecule is Cc1nc(NCCC2CCCC2)nc(N[C@@H]2C[C@H](CN3CCOCC3=O)[C@@H](O)[C@H]2O)c1-c1nc2c(C)nccc2s1. The highest BCUT2D eigenvalue weighted by atomic mass is 32.1. The van der Waals surface area contributed by atoms with E-state index in [9.17, 15) is 15.0 Å². The van der Waals surface area contributed by atoms with Gasteiger partial charge in [0.2, 0.25) is 11.9 Å². The number of carbonyl (C=O) groups excluding carboxylic acids is 1. The third-order valence-corrected chi connectivity index (χ3v) is 9.81. The molecule has 3 fully saturated rings. The van der Waals surface area contributed by atoms with E-state index in [2.05, 4.69) is 15.6 Å². The second-order valence-electron chi connectivity index (χ2n) is 11.6. The number of aliphatic hydroxyl groups is 2. The summed E-state index contributed by atoms with van der Waals surface area (Å²) in [5.41, 5.74) is 3.26. The number of hydrogen-bond acceptors (Lipinski definition) is 11. The van der Waals surface area contributed by atoms with Crippen LogP contribution in [0, 0.1) is 25.7 Å². The van der Waals surface area contributed by atoms with Crippen LogP contribution in [-0.2, 0) is 9.53 Å². The van der Waals surface area contributed by atoms with Crippen molar-refractivity contribution in [3.8, 4) is 10.6 Å². The Bertz CT molecular complexity index is 1390. The Labute approximate surface area is 243 Å². The smallest absolute Gasteiger partial charge is 0.248 e. The predicted molar refractivity (Wildman–Crippen MR) is 158 cm³/mol. The van der Waals surface area contributed by atoms with Crippen LogP contribution in [0.3, 0.4) is 0 Å². The lowest BCUT2D eigenvalue weighted by Gasteiger charge is -2.30. The number of rotatable bonds is 9. The standard InChI is InChI=1S/C29H39N7O4S/c1-16-23(28-34-24-17(2)30-10-8-21(24)41-28)27(35-29(32-16)31-9-7-18-5-3-4-6-18)33-20-13-19(25(38)26(20)39)14-36-11-12-40-15-22(36)37/h8,10,18-20,25-26,38-39H,3-7,9,11-15H2,1-2H3,(H2,31,32,33,35)/t19-,20-,25-,26+/m1/s1. The van der Waals surface area contributed by atoms with E-state index in [1.165, 1.54) is 25.7 Å². The Morgan fingerprint density at radius 2 is 1.95 bits per heavy atom. The lowest BCUT2D eigenvalue weighted by Crippen LogP contribution is -2.45.